The summed E-state index contributed by atoms with van der Waals surface area (Å²) < 4.78 is 11.8. The minimum Gasteiger partial charge on any atom is -0.492 e. The number of ether oxygens (including phenoxy) is 2. The SMILES string of the molecule is CCOc1cc(CNCc2ccc(C(=O)O)cc2)cc(Br)c1OC.Cl. The van der Waals surface area contributed by atoms with E-state index in [0.29, 0.717) is 36.8 Å². The minimum absolute atomic E-state index is 0. The Balaban J connectivity index is 0.00000312. The van der Waals surface area contributed by atoms with Crippen molar-refractivity contribution in [3.63, 3.8) is 0 Å². The van der Waals surface area contributed by atoms with E-state index in [0.717, 1.165) is 15.6 Å². The first-order valence-corrected chi connectivity index (χ1v) is 8.36. The number of methoxy groups -OCH3 is 1. The molecular formula is C18H21BrClNO4. The smallest absolute Gasteiger partial charge is 0.335 e. The van der Waals surface area contributed by atoms with E-state index in [1.54, 1.807) is 19.2 Å². The number of nitrogens with one attached hydrogen (secondary N) is 1. The lowest BCUT2D eigenvalue weighted by atomic mass is 10.1. The first-order chi connectivity index (χ1) is 11.5. The van der Waals surface area contributed by atoms with Gasteiger partial charge in [-0.3, -0.25) is 0 Å². The first-order valence-electron chi connectivity index (χ1n) is 7.57. The van der Waals surface area contributed by atoms with Crippen molar-refractivity contribution < 1.29 is 19.4 Å². The molecule has 0 aromatic heterocycles. The van der Waals surface area contributed by atoms with Crippen molar-refractivity contribution in [3.05, 3.63) is 57.6 Å². The molecule has 0 aliphatic carbocycles. The zero-order valence-corrected chi connectivity index (χ0v) is 16.4. The maximum absolute atomic E-state index is 10.8. The fourth-order valence-corrected chi connectivity index (χ4v) is 2.95. The average molecular weight is 431 g/mol. The van der Waals surface area contributed by atoms with Crippen molar-refractivity contribution in [1.82, 2.24) is 5.32 Å². The molecule has 25 heavy (non-hydrogen) atoms. The number of carboxylic acid groups (broad SMARTS) is 1. The van der Waals surface area contributed by atoms with Crippen LogP contribution in [0.2, 0.25) is 0 Å². The quantitative estimate of drug-likeness (QED) is 0.655. The first kappa shape index (κ1) is 21.3. The Morgan fingerprint density at radius 2 is 1.80 bits per heavy atom. The molecule has 0 saturated heterocycles. The van der Waals surface area contributed by atoms with Crippen LogP contribution < -0.4 is 14.8 Å². The molecule has 2 rings (SSSR count). The van der Waals surface area contributed by atoms with E-state index in [1.807, 2.05) is 31.2 Å². The van der Waals surface area contributed by atoms with Gasteiger partial charge in [0.1, 0.15) is 0 Å². The molecule has 0 atom stereocenters. The van der Waals surface area contributed by atoms with Gasteiger partial charge in [0.15, 0.2) is 11.5 Å². The molecule has 0 radical (unpaired) electrons. The van der Waals surface area contributed by atoms with Crippen LogP contribution in [-0.4, -0.2) is 24.8 Å². The van der Waals surface area contributed by atoms with Crippen LogP contribution in [0.4, 0.5) is 0 Å². The molecule has 0 spiro atoms. The molecule has 0 aliphatic rings. The second-order valence-electron chi connectivity index (χ2n) is 5.15. The normalized spacial score (nSPS) is 10.0. The van der Waals surface area contributed by atoms with Gasteiger partial charge >= 0.3 is 5.97 Å². The molecule has 0 aliphatic heterocycles. The molecule has 2 N–H and O–H groups in total. The maximum Gasteiger partial charge on any atom is 0.335 e. The van der Waals surface area contributed by atoms with Crippen LogP contribution in [0.1, 0.15) is 28.4 Å². The molecule has 0 unspecified atom stereocenters. The molecule has 5 nitrogen and oxygen atoms in total. The Hall–Kier alpha value is -1.76. The Bertz CT molecular complexity index is 707. The zero-order valence-electron chi connectivity index (χ0n) is 14.0. The maximum atomic E-state index is 10.8. The lowest BCUT2D eigenvalue weighted by molar-refractivity contribution is 0.0697. The van der Waals surface area contributed by atoms with Crippen LogP contribution in [0, 0.1) is 0 Å². The summed E-state index contributed by atoms with van der Waals surface area (Å²) in [5.41, 5.74) is 2.38. The molecule has 136 valence electrons. The predicted octanol–water partition coefficient (Wildman–Crippen LogP) is 4.27. The largest absolute Gasteiger partial charge is 0.492 e. The highest BCUT2D eigenvalue weighted by molar-refractivity contribution is 9.10. The van der Waals surface area contributed by atoms with Gasteiger partial charge in [0.2, 0.25) is 0 Å². The summed E-state index contributed by atoms with van der Waals surface area (Å²) in [4.78, 5) is 10.8. The number of hydrogen-bond donors (Lipinski definition) is 2. The van der Waals surface area contributed by atoms with Crippen LogP contribution in [-0.2, 0) is 13.1 Å². The monoisotopic (exact) mass is 429 g/mol. The van der Waals surface area contributed by atoms with Crippen molar-refractivity contribution in [1.29, 1.82) is 0 Å². The summed E-state index contributed by atoms with van der Waals surface area (Å²) >= 11 is 3.50. The summed E-state index contributed by atoms with van der Waals surface area (Å²) in [6.45, 7) is 3.80. The predicted molar refractivity (Wildman–Crippen MR) is 103 cm³/mol. The summed E-state index contributed by atoms with van der Waals surface area (Å²) in [6, 6.07) is 10.8. The molecule has 0 saturated carbocycles. The summed E-state index contributed by atoms with van der Waals surface area (Å²) in [5.74, 6) is 0.475. The molecule has 2 aromatic rings. The van der Waals surface area contributed by atoms with Gasteiger partial charge in [-0.1, -0.05) is 12.1 Å². The molecule has 0 fully saturated rings. The van der Waals surface area contributed by atoms with Crippen molar-refractivity contribution in [3.8, 4) is 11.5 Å². The molecular weight excluding hydrogens is 410 g/mol. The van der Waals surface area contributed by atoms with Gasteiger partial charge in [-0.15, -0.1) is 12.4 Å². The second kappa shape index (κ2) is 10.3. The van der Waals surface area contributed by atoms with Gasteiger partial charge in [-0.05, 0) is 58.2 Å². The van der Waals surface area contributed by atoms with Crippen LogP contribution in [0.15, 0.2) is 40.9 Å². The Kier molecular flexibility index (Phi) is 8.75. The number of rotatable bonds is 8. The van der Waals surface area contributed by atoms with Gasteiger partial charge in [0.05, 0.1) is 23.8 Å². The van der Waals surface area contributed by atoms with Crippen molar-refractivity contribution in [2.45, 2.75) is 20.0 Å². The summed E-state index contributed by atoms with van der Waals surface area (Å²) in [7, 11) is 1.61. The average Bonchev–Trinajstić information content (AvgIpc) is 2.55. The van der Waals surface area contributed by atoms with Gasteiger partial charge < -0.3 is 19.9 Å². The van der Waals surface area contributed by atoms with E-state index >= 15 is 0 Å². The number of halogens is 2. The number of carboxylic acids is 1. The van der Waals surface area contributed by atoms with E-state index in [-0.39, 0.29) is 12.4 Å². The van der Waals surface area contributed by atoms with E-state index in [4.69, 9.17) is 14.6 Å². The molecule has 0 heterocycles. The third kappa shape index (κ3) is 5.92. The van der Waals surface area contributed by atoms with E-state index in [1.165, 1.54) is 0 Å². The molecule has 2 aromatic carbocycles. The number of carbonyl (C=O) groups is 1. The lowest BCUT2D eigenvalue weighted by Crippen LogP contribution is -2.13. The van der Waals surface area contributed by atoms with Gasteiger partial charge in [-0.25, -0.2) is 4.79 Å². The number of hydrogen-bond acceptors (Lipinski definition) is 4. The molecule has 0 amide bonds. The molecule has 0 bridgehead atoms. The van der Waals surface area contributed by atoms with E-state index < -0.39 is 5.97 Å². The van der Waals surface area contributed by atoms with Crippen molar-refractivity contribution >= 4 is 34.3 Å². The third-order valence-corrected chi connectivity index (χ3v) is 4.02. The second-order valence-corrected chi connectivity index (χ2v) is 6.00. The number of benzene rings is 2. The fraction of sp³-hybridized carbons (Fsp3) is 0.278. The highest BCUT2D eigenvalue weighted by atomic mass is 79.9. The minimum atomic E-state index is -0.916. The fourth-order valence-electron chi connectivity index (χ4n) is 2.30. The van der Waals surface area contributed by atoms with Crippen molar-refractivity contribution in [2.75, 3.05) is 13.7 Å². The highest BCUT2D eigenvalue weighted by Gasteiger charge is 2.11. The van der Waals surface area contributed by atoms with Crippen LogP contribution in [0.25, 0.3) is 0 Å². The van der Waals surface area contributed by atoms with Gasteiger partial charge in [-0.2, -0.15) is 0 Å². The van der Waals surface area contributed by atoms with Gasteiger partial charge in [0.25, 0.3) is 0 Å². The summed E-state index contributed by atoms with van der Waals surface area (Å²) in [6.07, 6.45) is 0. The number of aromatic carboxylic acids is 1. The van der Waals surface area contributed by atoms with Crippen LogP contribution in [0.5, 0.6) is 11.5 Å². The lowest BCUT2D eigenvalue weighted by Gasteiger charge is -2.14. The van der Waals surface area contributed by atoms with E-state index in [2.05, 4.69) is 21.2 Å². The summed E-state index contributed by atoms with van der Waals surface area (Å²) in [5, 5.41) is 12.2. The topological polar surface area (TPSA) is 67.8 Å². The zero-order chi connectivity index (χ0) is 17.5. The highest BCUT2D eigenvalue weighted by Crippen LogP contribution is 2.36. The Labute approximate surface area is 161 Å². The van der Waals surface area contributed by atoms with Crippen molar-refractivity contribution in [2.24, 2.45) is 0 Å². The molecule has 7 heteroatoms. The van der Waals surface area contributed by atoms with E-state index in [9.17, 15) is 4.79 Å². The Morgan fingerprint density at radius 1 is 1.16 bits per heavy atom. The van der Waals surface area contributed by atoms with Gasteiger partial charge in [0, 0.05) is 13.1 Å². The standard InChI is InChI=1S/C18H20BrNO4.ClH/c1-3-24-16-9-13(8-15(19)17(16)23-2)11-20-10-12-4-6-14(7-5-12)18(21)22;/h4-9,20H,3,10-11H2,1-2H3,(H,21,22);1H. The van der Waals surface area contributed by atoms with Crippen LogP contribution >= 0.6 is 28.3 Å². The Morgan fingerprint density at radius 3 is 2.36 bits per heavy atom. The van der Waals surface area contributed by atoms with Crippen LogP contribution in [0.3, 0.4) is 0 Å². The third-order valence-electron chi connectivity index (χ3n) is 3.43.